The summed E-state index contributed by atoms with van der Waals surface area (Å²) in [7, 11) is -4.18. The molecule has 0 saturated carbocycles. The first-order valence-electron chi connectivity index (χ1n) is 12.6. The summed E-state index contributed by atoms with van der Waals surface area (Å²) in [6.45, 7) is 5.70. The van der Waals surface area contributed by atoms with Gasteiger partial charge in [0.25, 0.3) is 10.0 Å². The summed E-state index contributed by atoms with van der Waals surface area (Å²) in [5.74, 6) is -1.37. The molecule has 0 spiro atoms. The van der Waals surface area contributed by atoms with E-state index in [-0.39, 0.29) is 23.0 Å². The van der Waals surface area contributed by atoms with Crippen molar-refractivity contribution in [2.24, 2.45) is 0 Å². The quantitative estimate of drug-likeness (QED) is 0.363. The number of hydrogen-bond donors (Lipinski definition) is 1. The predicted molar refractivity (Wildman–Crippen MR) is 146 cm³/mol. The number of rotatable bonds is 12. The number of nitrogens with zero attached hydrogens (tertiary/aromatic N) is 2. The summed E-state index contributed by atoms with van der Waals surface area (Å²) < 4.78 is 42.0. The lowest BCUT2D eigenvalue weighted by atomic mass is 10.1. The molecule has 0 saturated heterocycles. The van der Waals surface area contributed by atoms with Gasteiger partial charge in [-0.2, -0.15) is 0 Å². The summed E-state index contributed by atoms with van der Waals surface area (Å²) in [4.78, 5) is 28.4. The van der Waals surface area contributed by atoms with Crippen LogP contribution in [0.25, 0.3) is 0 Å². The van der Waals surface area contributed by atoms with Gasteiger partial charge in [-0.1, -0.05) is 56.3 Å². The number of hydrogen-bond acceptors (Lipinski definition) is 4. The Hall–Kier alpha value is -3.72. The van der Waals surface area contributed by atoms with Gasteiger partial charge in [0.1, 0.15) is 18.4 Å². The van der Waals surface area contributed by atoms with Crippen LogP contribution >= 0.6 is 0 Å². The van der Waals surface area contributed by atoms with Crippen molar-refractivity contribution in [1.29, 1.82) is 0 Å². The van der Waals surface area contributed by atoms with E-state index >= 15 is 0 Å². The third-order valence-corrected chi connectivity index (χ3v) is 8.05. The van der Waals surface area contributed by atoms with Crippen LogP contribution in [0.2, 0.25) is 0 Å². The molecule has 0 fully saturated rings. The Kier molecular flexibility index (Phi) is 10.0. The van der Waals surface area contributed by atoms with Gasteiger partial charge in [-0.05, 0) is 67.3 Å². The maximum Gasteiger partial charge on any atom is 0.264 e. The second kappa shape index (κ2) is 13.2. The molecular formula is C29H34FN3O4S. The fraction of sp³-hybridized carbons (Fsp3) is 0.310. The lowest BCUT2D eigenvalue weighted by molar-refractivity contribution is -0.140. The lowest BCUT2D eigenvalue weighted by Crippen LogP contribution is -2.52. The van der Waals surface area contributed by atoms with E-state index in [0.717, 1.165) is 34.0 Å². The molecule has 1 atom stereocenters. The molecule has 0 bridgehead atoms. The first-order chi connectivity index (χ1) is 18.2. The van der Waals surface area contributed by atoms with Crippen molar-refractivity contribution >= 4 is 27.5 Å². The number of halogens is 1. The van der Waals surface area contributed by atoms with E-state index in [4.69, 9.17) is 0 Å². The minimum absolute atomic E-state index is 0.00434. The Balaban J connectivity index is 2.04. The average molecular weight is 540 g/mol. The van der Waals surface area contributed by atoms with Crippen molar-refractivity contribution in [3.63, 3.8) is 0 Å². The Morgan fingerprint density at radius 3 is 2.16 bits per heavy atom. The van der Waals surface area contributed by atoms with Crippen LogP contribution in [0.5, 0.6) is 0 Å². The molecule has 0 aliphatic heterocycles. The smallest absolute Gasteiger partial charge is 0.264 e. The number of carbonyl (C=O) groups excluding carboxylic acids is 2. The SMILES string of the molecule is CCCNC(=O)C(CC)N(Cc1ccccc1C)C(=O)CN(c1ccc(F)cc1)S(=O)(=O)c1ccccc1. The van der Waals surface area contributed by atoms with Crippen molar-refractivity contribution in [2.45, 2.75) is 51.1 Å². The van der Waals surface area contributed by atoms with E-state index < -0.39 is 34.3 Å². The highest BCUT2D eigenvalue weighted by atomic mass is 32.2. The molecule has 0 aliphatic carbocycles. The molecule has 3 rings (SSSR count). The molecule has 9 heteroatoms. The minimum Gasteiger partial charge on any atom is -0.354 e. The molecule has 2 amide bonds. The number of aryl methyl sites for hydroxylation is 1. The zero-order valence-corrected chi connectivity index (χ0v) is 22.7. The van der Waals surface area contributed by atoms with Crippen LogP contribution in [-0.2, 0) is 26.2 Å². The molecule has 0 radical (unpaired) electrons. The van der Waals surface area contributed by atoms with Crippen molar-refractivity contribution in [1.82, 2.24) is 10.2 Å². The maximum absolute atomic E-state index is 13.9. The van der Waals surface area contributed by atoms with Crippen molar-refractivity contribution in [3.8, 4) is 0 Å². The molecule has 1 unspecified atom stereocenters. The molecule has 1 N–H and O–H groups in total. The fourth-order valence-electron chi connectivity index (χ4n) is 4.11. The van der Waals surface area contributed by atoms with Crippen LogP contribution in [0.15, 0.2) is 83.8 Å². The van der Waals surface area contributed by atoms with Gasteiger partial charge in [-0.15, -0.1) is 0 Å². The molecule has 7 nitrogen and oxygen atoms in total. The van der Waals surface area contributed by atoms with Gasteiger partial charge >= 0.3 is 0 Å². The number of anilines is 1. The van der Waals surface area contributed by atoms with Gasteiger partial charge in [0, 0.05) is 13.1 Å². The van der Waals surface area contributed by atoms with E-state index in [9.17, 15) is 22.4 Å². The minimum atomic E-state index is -4.18. The van der Waals surface area contributed by atoms with Crippen molar-refractivity contribution in [3.05, 3.63) is 95.8 Å². The molecule has 202 valence electrons. The highest BCUT2D eigenvalue weighted by Crippen LogP contribution is 2.25. The summed E-state index contributed by atoms with van der Waals surface area (Å²) in [5.41, 5.74) is 1.94. The third kappa shape index (κ3) is 6.98. The Bertz CT molecular complexity index is 1330. The average Bonchev–Trinajstić information content (AvgIpc) is 2.92. The normalized spacial score (nSPS) is 12.0. The van der Waals surface area contributed by atoms with Gasteiger partial charge in [-0.3, -0.25) is 13.9 Å². The third-order valence-electron chi connectivity index (χ3n) is 6.26. The predicted octanol–water partition coefficient (Wildman–Crippen LogP) is 4.66. The zero-order valence-electron chi connectivity index (χ0n) is 21.9. The van der Waals surface area contributed by atoms with E-state index in [2.05, 4.69) is 5.32 Å². The van der Waals surface area contributed by atoms with Crippen LogP contribution in [0.1, 0.15) is 37.8 Å². The Morgan fingerprint density at radius 1 is 0.921 bits per heavy atom. The zero-order chi connectivity index (χ0) is 27.7. The van der Waals surface area contributed by atoms with Crippen molar-refractivity contribution in [2.75, 3.05) is 17.4 Å². The van der Waals surface area contributed by atoms with Crippen LogP contribution in [0.4, 0.5) is 10.1 Å². The van der Waals surface area contributed by atoms with Crippen LogP contribution in [-0.4, -0.2) is 44.3 Å². The summed E-state index contributed by atoms with van der Waals surface area (Å²) >= 11 is 0. The highest BCUT2D eigenvalue weighted by Gasteiger charge is 2.33. The molecular weight excluding hydrogens is 505 g/mol. The first kappa shape index (κ1) is 28.8. The second-order valence-corrected chi connectivity index (χ2v) is 10.8. The number of amides is 2. The van der Waals surface area contributed by atoms with Gasteiger partial charge in [0.15, 0.2) is 0 Å². The Morgan fingerprint density at radius 2 is 1.55 bits per heavy atom. The van der Waals surface area contributed by atoms with E-state index in [1.165, 1.54) is 29.2 Å². The number of nitrogens with one attached hydrogen (secondary N) is 1. The van der Waals surface area contributed by atoms with Crippen LogP contribution < -0.4 is 9.62 Å². The van der Waals surface area contributed by atoms with E-state index in [1.807, 2.05) is 45.0 Å². The fourth-order valence-corrected chi connectivity index (χ4v) is 5.55. The van der Waals surface area contributed by atoms with Gasteiger partial charge in [0.05, 0.1) is 10.6 Å². The second-order valence-electron chi connectivity index (χ2n) is 8.96. The van der Waals surface area contributed by atoms with E-state index in [1.54, 1.807) is 18.2 Å². The standard InChI is InChI=1S/C29H34FN3O4S/c1-4-19-31-29(35)27(5-2)32(20-23-12-10-9-11-22(23)3)28(34)21-33(25-17-15-24(30)16-18-25)38(36,37)26-13-7-6-8-14-26/h6-18,27H,4-5,19-21H2,1-3H3,(H,31,35). The van der Waals surface area contributed by atoms with E-state index in [0.29, 0.717) is 13.0 Å². The number of carbonyl (C=O) groups is 2. The molecule has 0 aliphatic rings. The summed E-state index contributed by atoms with van der Waals surface area (Å²) in [5, 5.41) is 2.86. The van der Waals surface area contributed by atoms with Crippen LogP contribution in [0, 0.1) is 12.7 Å². The largest absolute Gasteiger partial charge is 0.354 e. The number of sulfonamides is 1. The molecule has 0 aromatic heterocycles. The van der Waals surface area contributed by atoms with Crippen LogP contribution in [0.3, 0.4) is 0 Å². The topological polar surface area (TPSA) is 86.8 Å². The van der Waals surface area contributed by atoms with Gasteiger partial charge < -0.3 is 10.2 Å². The molecule has 0 heterocycles. The summed E-state index contributed by atoms with van der Waals surface area (Å²) in [6.07, 6.45) is 1.08. The van der Waals surface area contributed by atoms with Gasteiger partial charge in [0.2, 0.25) is 11.8 Å². The maximum atomic E-state index is 13.9. The molecule has 38 heavy (non-hydrogen) atoms. The van der Waals surface area contributed by atoms with Gasteiger partial charge in [-0.25, -0.2) is 12.8 Å². The molecule has 3 aromatic carbocycles. The molecule has 3 aromatic rings. The lowest BCUT2D eigenvalue weighted by Gasteiger charge is -2.33. The summed E-state index contributed by atoms with van der Waals surface area (Å²) in [6, 6.07) is 19.4. The first-order valence-corrected chi connectivity index (χ1v) is 14.1. The number of benzene rings is 3. The highest BCUT2D eigenvalue weighted by molar-refractivity contribution is 7.92. The monoisotopic (exact) mass is 539 g/mol. The Labute approximate surface area is 224 Å². The van der Waals surface area contributed by atoms with Crippen molar-refractivity contribution < 1.29 is 22.4 Å².